The van der Waals surface area contributed by atoms with Crippen LogP contribution in [0.1, 0.15) is 23.3 Å². The molecule has 162 valence electrons. The Balaban J connectivity index is 1.72. The van der Waals surface area contributed by atoms with Crippen molar-refractivity contribution in [1.29, 1.82) is 0 Å². The highest BCUT2D eigenvalue weighted by molar-refractivity contribution is 8.16. The molecular formula is C24H20N2O5S. The average Bonchev–Trinajstić information content (AvgIpc) is 3.52. The Morgan fingerprint density at radius 2 is 1.72 bits per heavy atom. The summed E-state index contributed by atoms with van der Waals surface area (Å²) >= 11 is 0.935. The second kappa shape index (κ2) is 7.96. The van der Waals surface area contributed by atoms with Crippen molar-refractivity contribution >= 4 is 34.6 Å². The van der Waals surface area contributed by atoms with Gasteiger partial charge in [-0.15, -0.1) is 0 Å². The van der Waals surface area contributed by atoms with Crippen LogP contribution in [0.15, 0.2) is 83.5 Å². The van der Waals surface area contributed by atoms with Gasteiger partial charge >= 0.3 is 5.97 Å². The molecule has 8 heteroatoms. The van der Waals surface area contributed by atoms with Gasteiger partial charge < -0.3 is 9.15 Å². The normalized spacial score (nSPS) is 27.3. The molecule has 0 saturated carbocycles. The van der Waals surface area contributed by atoms with Crippen LogP contribution in [0.4, 0.5) is 10.5 Å². The maximum absolute atomic E-state index is 14.1. The molecule has 3 heterocycles. The van der Waals surface area contributed by atoms with Gasteiger partial charge in [-0.25, -0.2) is 4.90 Å². The van der Waals surface area contributed by atoms with E-state index in [0.29, 0.717) is 11.4 Å². The summed E-state index contributed by atoms with van der Waals surface area (Å²) in [5.41, 5.74) is 1.24. The summed E-state index contributed by atoms with van der Waals surface area (Å²) in [4.78, 5) is 41.5. The molecule has 2 aliphatic rings. The first kappa shape index (κ1) is 20.5. The molecule has 1 spiro atoms. The number of carbonyl (C=O) groups is 3. The maximum atomic E-state index is 14.1. The van der Waals surface area contributed by atoms with E-state index in [4.69, 9.17) is 9.15 Å². The summed E-state index contributed by atoms with van der Waals surface area (Å²) in [5.74, 6) is -1.10. The summed E-state index contributed by atoms with van der Waals surface area (Å²) in [7, 11) is 1.31. The highest BCUT2D eigenvalue weighted by Gasteiger charge is 2.70. The molecule has 1 aromatic heterocycles. The van der Waals surface area contributed by atoms with Gasteiger partial charge in [-0.05, 0) is 41.6 Å². The van der Waals surface area contributed by atoms with Crippen molar-refractivity contribution in [3.63, 3.8) is 0 Å². The molecule has 3 aromatic rings. The number of hydrogen-bond donors (Lipinski definition) is 1. The molecule has 0 unspecified atom stereocenters. The van der Waals surface area contributed by atoms with Crippen LogP contribution in [0.2, 0.25) is 0 Å². The van der Waals surface area contributed by atoms with Crippen LogP contribution < -0.4 is 10.2 Å². The molecule has 5 rings (SSSR count). The Bertz CT molecular complexity index is 1150. The second-order valence-corrected chi connectivity index (χ2v) is 8.87. The number of imide groups is 1. The van der Waals surface area contributed by atoms with Gasteiger partial charge in [0.05, 0.1) is 25.1 Å². The van der Waals surface area contributed by atoms with E-state index in [1.165, 1.54) is 18.3 Å². The lowest BCUT2D eigenvalue weighted by Crippen LogP contribution is -2.46. The lowest BCUT2D eigenvalue weighted by atomic mass is 9.79. The Hall–Kier alpha value is -3.36. The Kier molecular flexibility index (Phi) is 5.11. The predicted molar refractivity (Wildman–Crippen MR) is 119 cm³/mol. The molecule has 1 N–H and O–H groups in total. The Labute approximate surface area is 188 Å². The zero-order valence-electron chi connectivity index (χ0n) is 17.1. The van der Waals surface area contributed by atoms with Gasteiger partial charge in [0.15, 0.2) is 0 Å². The molecule has 2 amide bonds. The summed E-state index contributed by atoms with van der Waals surface area (Å²) < 4.78 is 9.40. The number of thioether (sulfide) groups is 1. The van der Waals surface area contributed by atoms with E-state index in [0.717, 1.165) is 17.3 Å². The van der Waals surface area contributed by atoms with Crippen molar-refractivity contribution in [2.45, 2.75) is 22.7 Å². The molecule has 7 nitrogen and oxygen atoms in total. The van der Waals surface area contributed by atoms with Gasteiger partial charge in [0.1, 0.15) is 16.5 Å². The van der Waals surface area contributed by atoms with E-state index in [2.05, 4.69) is 5.32 Å². The van der Waals surface area contributed by atoms with Crippen LogP contribution in [0, 0.1) is 0 Å². The van der Waals surface area contributed by atoms with Gasteiger partial charge in [0, 0.05) is 5.92 Å². The number of esters is 1. The van der Waals surface area contributed by atoms with Crippen LogP contribution in [0.5, 0.6) is 0 Å². The number of hydrogen-bond acceptors (Lipinski definition) is 7. The number of benzene rings is 2. The van der Waals surface area contributed by atoms with Crippen LogP contribution in [-0.2, 0) is 14.3 Å². The number of carbonyl (C=O) groups excluding carboxylic acids is 3. The summed E-state index contributed by atoms with van der Waals surface area (Å²) in [6.45, 7) is 0. The van der Waals surface area contributed by atoms with E-state index in [1.54, 1.807) is 36.4 Å². The predicted octanol–water partition coefficient (Wildman–Crippen LogP) is 3.89. The van der Waals surface area contributed by atoms with Crippen LogP contribution in [0.3, 0.4) is 0 Å². The topological polar surface area (TPSA) is 88.8 Å². The Morgan fingerprint density at radius 1 is 1.03 bits per heavy atom. The molecule has 2 aliphatic heterocycles. The van der Waals surface area contributed by atoms with E-state index in [9.17, 15) is 14.4 Å². The number of anilines is 1. The lowest BCUT2D eigenvalue weighted by Gasteiger charge is -2.32. The minimum absolute atomic E-state index is 0.396. The van der Waals surface area contributed by atoms with Crippen molar-refractivity contribution in [3.8, 4) is 0 Å². The average molecular weight is 449 g/mol. The minimum Gasteiger partial charge on any atom is -0.468 e. The number of para-hydroxylation sites is 1. The standard InChI is InChI=1S/C24H20N2O5S/c1-30-21(27)19-18(15-9-4-2-5-10-15)24(20(25-19)17-13-8-14-31-17)22(28)26(23(29)32-24)16-11-6-3-7-12-16/h2-14,18-20,25H,1H3/t18-,19+,20+,24-/m0/s1. The Morgan fingerprint density at radius 3 is 2.34 bits per heavy atom. The zero-order chi connectivity index (χ0) is 22.3. The molecular weight excluding hydrogens is 428 g/mol. The van der Waals surface area contributed by atoms with Gasteiger partial charge in [0.25, 0.3) is 11.1 Å². The first-order valence-electron chi connectivity index (χ1n) is 10.1. The maximum Gasteiger partial charge on any atom is 0.323 e. The van der Waals surface area contributed by atoms with Gasteiger partial charge in [-0.1, -0.05) is 48.5 Å². The van der Waals surface area contributed by atoms with Crippen LogP contribution in [0.25, 0.3) is 0 Å². The van der Waals surface area contributed by atoms with E-state index in [1.807, 2.05) is 36.4 Å². The summed E-state index contributed by atoms with van der Waals surface area (Å²) in [6.07, 6.45) is 1.51. The van der Waals surface area contributed by atoms with Crippen molar-refractivity contribution in [2.75, 3.05) is 12.0 Å². The first-order chi connectivity index (χ1) is 15.6. The second-order valence-electron chi connectivity index (χ2n) is 7.64. The largest absolute Gasteiger partial charge is 0.468 e. The van der Waals surface area contributed by atoms with Crippen molar-refractivity contribution in [2.24, 2.45) is 0 Å². The van der Waals surface area contributed by atoms with Crippen molar-refractivity contribution in [1.82, 2.24) is 5.32 Å². The molecule has 2 aromatic carbocycles. The number of rotatable bonds is 4. The quantitative estimate of drug-likeness (QED) is 0.606. The molecule has 4 atom stereocenters. The van der Waals surface area contributed by atoms with Gasteiger partial charge in [0.2, 0.25) is 0 Å². The van der Waals surface area contributed by atoms with Crippen LogP contribution >= 0.6 is 11.8 Å². The van der Waals surface area contributed by atoms with E-state index >= 15 is 0 Å². The van der Waals surface area contributed by atoms with Crippen LogP contribution in [-0.4, -0.2) is 35.0 Å². The minimum atomic E-state index is -1.34. The zero-order valence-corrected chi connectivity index (χ0v) is 18.0. The number of ether oxygens (including phenoxy) is 1. The third-order valence-corrected chi connectivity index (χ3v) is 7.36. The highest BCUT2D eigenvalue weighted by atomic mass is 32.2. The SMILES string of the molecule is COC(=O)[C@@H]1N[C@H](c2ccco2)[C@@]2(SC(=O)N(c3ccccc3)C2=O)[C@H]1c1ccccc1. The van der Waals surface area contributed by atoms with Gasteiger partial charge in [-0.2, -0.15) is 0 Å². The third kappa shape index (κ3) is 2.98. The number of nitrogens with zero attached hydrogens (tertiary/aromatic N) is 1. The smallest absolute Gasteiger partial charge is 0.323 e. The fraction of sp³-hybridized carbons (Fsp3) is 0.208. The number of nitrogens with one attached hydrogen (secondary N) is 1. The molecule has 2 fully saturated rings. The first-order valence-corrected chi connectivity index (χ1v) is 10.9. The fourth-order valence-corrected chi connectivity index (χ4v) is 6.13. The summed E-state index contributed by atoms with van der Waals surface area (Å²) in [5, 5.41) is 2.86. The molecule has 2 saturated heterocycles. The van der Waals surface area contributed by atoms with Crippen molar-refractivity contribution < 1.29 is 23.5 Å². The highest BCUT2D eigenvalue weighted by Crippen LogP contribution is 2.59. The number of methoxy groups -OCH3 is 1. The third-order valence-electron chi connectivity index (χ3n) is 6.00. The summed E-state index contributed by atoms with van der Waals surface area (Å²) in [6, 6.07) is 20.0. The molecule has 0 aliphatic carbocycles. The lowest BCUT2D eigenvalue weighted by molar-refractivity contribution is -0.143. The van der Waals surface area contributed by atoms with E-state index in [-0.39, 0.29) is 0 Å². The van der Waals surface area contributed by atoms with Gasteiger partial charge in [-0.3, -0.25) is 19.7 Å². The number of furan rings is 1. The monoisotopic (exact) mass is 448 g/mol. The number of amides is 2. The van der Waals surface area contributed by atoms with Crippen molar-refractivity contribution in [3.05, 3.63) is 90.4 Å². The molecule has 32 heavy (non-hydrogen) atoms. The fourth-order valence-electron chi connectivity index (χ4n) is 4.68. The molecule has 0 radical (unpaired) electrons. The molecule has 0 bridgehead atoms. The van der Waals surface area contributed by atoms with E-state index < -0.39 is 39.9 Å².